The topological polar surface area (TPSA) is 105 Å². The van der Waals surface area contributed by atoms with E-state index in [9.17, 15) is 36.7 Å². The number of alkyl halides is 4. The van der Waals surface area contributed by atoms with Crippen molar-refractivity contribution in [2.75, 3.05) is 40.1 Å². The molecule has 0 rings (SSSR count). The first-order chi connectivity index (χ1) is 12.5. The van der Waals surface area contributed by atoms with Gasteiger partial charge in [-0.05, 0) is 0 Å². The zero-order chi connectivity index (χ0) is 21.1. The minimum absolute atomic E-state index is 0.0404. The van der Waals surface area contributed by atoms with Gasteiger partial charge < -0.3 is 18.9 Å². The standard InChI is InChI=1S/C15H20F4O8/c1-10(20)14(16,17)15(18,19)13(23)27-8-6-25-9-11(21)3-4-12(22)26-7-5-24-2/h3-9H2,1-2H3. The number of ether oxygens (including phenoxy) is 4. The highest BCUT2D eigenvalue weighted by atomic mass is 19.3. The average Bonchev–Trinajstić information content (AvgIpc) is 2.59. The maximum absolute atomic E-state index is 13.2. The fraction of sp³-hybridized carbons (Fsp3) is 0.733. The molecule has 0 aromatic carbocycles. The molecule has 0 aliphatic carbocycles. The lowest BCUT2D eigenvalue weighted by atomic mass is 10.1. The molecule has 156 valence electrons. The van der Waals surface area contributed by atoms with Gasteiger partial charge in [-0.15, -0.1) is 0 Å². The Bertz CT molecular complexity index is 536. The van der Waals surface area contributed by atoms with Crippen LogP contribution in [-0.4, -0.2) is 75.5 Å². The summed E-state index contributed by atoms with van der Waals surface area (Å²) in [5.74, 6) is -16.4. The number of esters is 2. The Kier molecular flexibility index (Phi) is 10.7. The molecule has 0 saturated heterocycles. The second-order valence-electron chi connectivity index (χ2n) is 5.15. The molecular weight excluding hydrogens is 384 g/mol. The zero-order valence-corrected chi connectivity index (χ0v) is 14.7. The Balaban J connectivity index is 4.02. The normalized spacial score (nSPS) is 11.8. The Labute approximate surface area is 152 Å². The van der Waals surface area contributed by atoms with E-state index in [2.05, 4.69) is 9.47 Å². The van der Waals surface area contributed by atoms with Crippen LogP contribution in [0.4, 0.5) is 17.6 Å². The first kappa shape index (κ1) is 24.9. The van der Waals surface area contributed by atoms with Gasteiger partial charge in [-0.1, -0.05) is 0 Å². The lowest BCUT2D eigenvalue weighted by molar-refractivity contribution is -0.224. The molecule has 0 amide bonds. The van der Waals surface area contributed by atoms with Gasteiger partial charge in [-0.3, -0.25) is 14.4 Å². The van der Waals surface area contributed by atoms with Crippen molar-refractivity contribution in [2.45, 2.75) is 31.6 Å². The van der Waals surface area contributed by atoms with Gasteiger partial charge in [0, 0.05) is 20.5 Å². The fourth-order valence-electron chi connectivity index (χ4n) is 1.44. The van der Waals surface area contributed by atoms with Gasteiger partial charge in [-0.25, -0.2) is 4.79 Å². The van der Waals surface area contributed by atoms with Gasteiger partial charge in [0.15, 0.2) is 5.78 Å². The van der Waals surface area contributed by atoms with Crippen molar-refractivity contribution in [3.8, 4) is 0 Å². The van der Waals surface area contributed by atoms with E-state index in [1.165, 1.54) is 7.11 Å². The second kappa shape index (κ2) is 11.6. The Morgan fingerprint density at radius 2 is 1.41 bits per heavy atom. The van der Waals surface area contributed by atoms with Crippen molar-refractivity contribution in [2.24, 2.45) is 0 Å². The molecule has 0 bridgehead atoms. The molecule has 0 spiro atoms. The minimum atomic E-state index is -5.32. The number of carbonyl (C=O) groups excluding carboxylic acids is 4. The van der Waals surface area contributed by atoms with Crippen molar-refractivity contribution in [1.29, 1.82) is 0 Å². The van der Waals surface area contributed by atoms with Crippen molar-refractivity contribution >= 4 is 23.5 Å². The first-order valence-electron chi connectivity index (χ1n) is 7.64. The molecule has 8 nitrogen and oxygen atoms in total. The van der Waals surface area contributed by atoms with E-state index in [1.54, 1.807) is 0 Å². The number of hydrogen-bond donors (Lipinski definition) is 0. The predicted octanol–water partition coefficient (Wildman–Crippen LogP) is 0.945. The number of Topliss-reactive ketones (excluding diaryl/α,β-unsaturated/α-hetero) is 2. The van der Waals surface area contributed by atoms with E-state index in [-0.39, 0.29) is 33.0 Å². The molecule has 27 heavy (non-hydrogen) atoms. The average molecular weight is 404 g/mol. The molecular formula is C15H20F4O8. The summed E-state index contributed by atoms with van der Waals surface area (Å²) in [6, 6.07) is 0. The largest absolute Gasteiger partial charge is 0.463 e. The molecule has 0 fully saturated rings. The fourth-order valence-corrected chi connectivity index (χ4v) is 1.44. The quantitative estimate of drug-likeness (QED) is 0.239. The van der Waals surface area contributed by atoms with E-state index in [0.717, 1.165) is 0 Å². The van der Waals surface area contributed by atoms with Crippen LogP contribution >= 0.6 is 0 Å². The SMILES string of the molecule is COCCOC(=O)CCC(=O)COCCOC(=O)C(F)(F)C(F)(F)C(C)=O. The highest BCUT2D eigenvalue weighted by molar-refractivity contribution is 5.92. The monoisotopic (exact) mass is 404 g/mol. The van der Waals surface area contributed by atoms with Crippen LogP contribution in [0.3, 0.4) is 0 Å². The number of rotatable bonds is 14. The van der Waals surface area contributed by atoms with Crippen molar-refractivity contribution in [1.82, 2.24) is 0 Å². The van der Waals surface area contributed by atoms with E-state index >= 15 is 0 Å². The van der Waals surface area contributed by atoms with Crippen LogP contribution < -0.4 is 0 Å². The van der Waals surface area contributed by atoms with Gasteiger partial charge in [0.2, 0.25) is 5.78 Å². The second-order valence-corrected chi connectivity index (χ2v) is 5.15. The maximum atomic E-state index is 13.2. The molecule has 0 aliphatic rings. The highest BCUT2D eigenvalue weighted by Crippen LogP contribution is 2.35. The van der Waals surface area contributed by atoms with E-state index < -0.39 is 55.2 Å². The highest BCUT2D eigenvalue weighted by Gasteiger charge is 2.66. The van der Waals surface area contributed by atoms with E-state index in [4.69, 9.17) is 9.47 Å². The van der Waals surface area contributed by atoms with Gasteiger partial charge in [-0.2, -0.15) is 17.6 Å². The predicted molar refractivity (Wildman–Crippen MR) is 79.4 cm³/mol. The minimum Gasteiger partial charge on any atom is -0.463 e. The lowest BCUT2D eigenvalue weighted by Crippen LogP contribution is -2.52. The summed E-state index contributed by atoms with van der Waals surface area (Å²) in [5.41, 5.74) is 0. The molecule has 0 aromatic heterocycles. The van der Waals surface area contributed by atoms with Crippen LogP contribution in [-0.2, 0) is 38.1 Å². The number of hydrogen-bond acceptors (Lipinski definition) is 8. The molecule has 0 radical (unpaired) electrons. The molecule has 0 saturated carbocycles. The van der Waals surface area contributed by atoms with Crippen molar-refractivity contribution < 1.29 is 55.7 Å². The molecule has 0 unspecified atom stereocenters. The number of carbonyl (C=O) groups is 4. The molecule has 0 aliphatic heterocycles. The van der Waals surface area contributed by atoms with Crippen molar-refractivity contribution in [3.05, 3.63) is 0 Å². The molecule has 0 atom stereocenters. The number of methoxy groups -OCH3 is 1. The number of halogens is 4. The summed E-state index contributed by atoms with van der Waals surface area (Å²) in [6.07, 6.45) is -0.401. The summed E-state index contributed by atoms with van der Waals surface area (Å²) in [7, 11) is 1.42. The summed E-state index contributed by atoms with van der Waals surface area (Å²) < 4.78 is 70.3. The third-order valence-electron chi connectivity index (χ3n) is 2.98. The zero-order valence-electron chi connectivity index (χ0n) is 14.7. The summed E-state index contributed by atoms with van der Waals surface area (Å²) >= 11 is 0. The Morgan fingerprint density at radius 1 is 0.815 bits per heavy atom. The maximum Gasteiger partial charge on any atom is 0.411 e. The van der Waals surface area contributed by atoms with Crippen molar-refractivity contribution in [3.63, 3.8) is 0 Å². The Hall–Kier alpha value is -2.08. The van der Waals surface area contributed by atoms with Crippen LogP contribution in [0.1, 0.15) is 19.8 Å². The molecule has 0 heterocycles. The lowest BCUT2D eigenvalue weighted by Gasteiger charge is -2.22. The van der Waals surface area contributed by atoms with Crippen LogP contribution in [0.2, 0.25) is 0 Å². The summed E-state index contributed by atoms with van der Waals surface area (Å²) in [5, 5.41) is 0. The van der Waals surface area contributed by atoms with Gasteiger partial charge >= 0.3 is 23.8 Å². The van der Waals surface area contributed by atoms with Gasteiger partial charge in [0.25, 0.3) is 0 Å². The van der Waals surface area contributed by atoms with E-state index in [1.807, 2.05) is 0 Å². The van der Waals surface area contributed by atoms with Gasteiger partial charge in [0.05, 0.1) is 19.6 Å². The summed E-state index contributed by atoms with van der Waals surface area (Å²) in [6.45, 7) is -1.42. The number of ketones is 2. The Morgan fingerprint density at radius 3 is 1.96 bits per heavy atom. The van der Waals surface area contributed by atoms with Crippen LogP contribution in [0.25, 0.3) is 0 Å². The van der Waals surface area contributed by atoms with Crippen LogP contribution in [0.15, 0.2) is 0 Å². The first-order valence-corrected chi connectivity index (χ1v) is 7.64. The smallest absolute Gasteiger partial charge is 0.411 e. The van der Waals surface area contributed by atoms with E-state index in [0.29, 0.717) is 0 Å². The third-order valence-corrected chi connectivity index (χ3v) is 2.98. The van der Waals surface area contributed by atoms with Gasteiger partial charge in [0.1, 0.15) is 19.8 Å². The molecule has 0 aromatic rings. The molecule has 0 N–H and O–H groups in total. The molecule has 12 heteroatoms. The van der Waals surface area contributed by atoms with Crippen LogP contribution in [0, 0.1) is 0 Å². The summed E-state index contributed by atoms with van der Waals surface area (Å²) in [4.78, 5) is 44.2. The third kappa shape index (κ3) is 8.43. The van der Waals surface area contributed by atoms with Crippen LogP contribution in [0.5, 0.6) is 0 Å².